The summed E-state index contributed by atoms with van der Waals surface area (Å²) in [6.07, 6.45) is 0.624. The molecule has 1 amide bonds. The second-order valence-corrected chi connectivity index (χ2v) is 10.0. The Morgan fingerprint density at radius 1 is 1.00 bits per heavy atom. The van der Waals surface area contributed by atoms with Crippen molar-refractivity contribution in [2.24, 2.45) is 0 Å². The Morgan fingerprint density at radius 3 is 2.31 bits per heavy atom. The predicted octanol–water partition coefficient (Wildman–Crippen LogP) is 5.01. The van der Waals surface area contributed by atoms with Crippen molar-refractivity contribution in [2.75, 3.05) is 11.9 Å². The molecule has 8 heteroatoms. The molecule has 32 heavy (non-hydrogen) atoms. The number of rotatable bonds is 9. The molecular weight excluding hydrogens is 492 g/mol. The van der Waals surface area contributed by atoms with E-state index in [0.717, 1.165) is 5.56 Å². The van der Waals surface area contributed by atoms with E-state index in [4.69, 9.17) is 4.74 Å². The van der Waals surface area contributed by atoms with Gasteiger partial charge in [0.05, 0.1) is 15.5 Å². The summed E-state index contributed by atoms with van der Waals surface area (Å²) in [4.78, 5) is 12.7. The van der Waals surface area contributed by atoms with Gasteiger partial charge in [-0.25, -0.2) is 13.1 Å². The Morgan fingerprint density at radius 2 is 1.69 bits per heavy atom. The summed E-state index contributed by atoms with van der Waals surface area (Å²) in [5.74, 6) is 0.351. The average molecular weight is 517 g/mol. The largest absolute Gasteiger partial charge is 0.490 e. The number of halogens is 1. The monoisotopic (exact) mass is 516 g/mol. The number of sulfonamides is 1. The van der Waals surface area contributed by atoms with Gasteiger partial charge in [-0.05, 0) is 84.2 Å². The minimum atomic E-state index is -3.63. The Balaban J connectivity index is 1.60. The van der Waals surface area contributed by atoms with Crippen molar-refractivity contribution in [3.63, 3.8) is 0 Å². The quantitative estimate of drug-likeness (QED) is 0.418. The van der Waals surface area contributed by atoms with E-state index in [9.17, 15) is 13.2 Å². The zero-order chi connectivity index (χ0) is 23.1. The summed E-state index contributed by atoms with van der Waals surface area (Å²) >= 11 is 3.42. The molecule has 0 spiro atoms. The Labute approximate surface area is 197 Å². The predicted molar refractivity (Wildman–Crippen MR) is 130 cm³/mol. The van der Waals surface area contributed by atoms with E-state index in [1.54, 1.807) is 30.3 Å². The molecule has 0 aromatic heterocycles. The topological polar surface area (TPSA) is 84.5 Å². The molecule has 0 saturated heterocycles. The van der Waals surface area contributed by atoms with Crippen molar-refractivity contribution in [1.29, 1.82) is 0 Å². The highest BCUT2D eigenvalue weighted by atomic mass is 79.9. The van der Waals surface area contributed by atoms with Crippen LogP contribution in [0.4, 0.5) is 5.69 Å². The maximum atomic E-state index is 12.6. The van der Waals surface area contributed by atoms with Crippen LogP contribution >= 0.6 is 15.9 Å². The van der Waals surface area contributed by atoms with Crippen LogP contribution in [0, 0.1) is 0 Å². The molecule has 2 N–H and O–H groups in total. The second kappa shape index (κ2) is 10.8. The molecule has 0 aliphatic carbocycles. The number of carbonyl (C=O) groups is 1. The molecule has 168 valence electrons. The summed E-state index contributed by atoms with van der Waals surface area (Å²) in [6, 6.07) is 20.8. The first-order valence-corrected chi connectivity index (χ1v) is 12.4. The molecule has 3 rings (SSSR count). The molecule has 0 fully saturated rings. The van der Waals surface area contributed by atoms with E-state index in [1.807, 2.05) is 44.2 Å². The van der Waals surface area contributed by atoms with Gasteiger partial charge in [-0.15, -0.1) is 0 Å². The van der Waals surface area contributed by atoms with Crippen LogP contribution in [0.1, 0.15) is 29.8 Å². The third-order valence-electron chi connectivity index (χ3n) is 4.53. The third-order valence-corrected chi connectivity index (χ3v) is 6.62. The first-order chi connectivity index (χ1) is 15.2. The molecule has 0 atom stereocenters. The molecule has 0 heterocycles. The van der Waals surface area contributed by atoms with Crippen molar-refractivity contribution in [2.45, 2.75) is 31.3 Å². The number of hydrogen-bond donors (Lipinski definition) is 2. The van der Waals surface area contributed by atoms with Gasteiger partial charge >= 0.3 is 0 Å². The lowest BCUT2D eigenvalue weighted by Gasteiger charge is -2.13. The molecule has 0 radical (unpaired) electrons. The highest BCUT2D eigenvalue weighted by Crippen LogP contribution is 2.27. The van der Waals surface area contributed by atoms with Crippen molar-refractivity contribution in [3.05, 3.63) is 88.4 Å². The minimum absolute atomic E-state index is 0.0219. The first-order valence-electron chi connectivity index (χ1n) is 10.2. The maximum absolute atomic E-state index is 12.6. The maximum Gasteiger partial charge on any atom is 0.255 e. The van der Waals surface area contributed by atoms with Crippen LogP contribution in [0.5, 0.6) is 5.75 Å². The number of benzene rings is 3. The van der Waals surface area contributed by atoms with Crippen molar-refractivity contribution < 1.29 is 17.9 Å². The molecule has 6 nitrogen and oxygen atoms in total. The van der Waals surface area contributed by atoms with E-state index in [0.29, 0.717) is 34.4 Å². The van der Waals surface area contributed by atoms with Gasteiger partial charge in [-0.2, -0.15) is 0 Å². The summed E-state index contributed by atoms with van der Waals surface area (Å²) < 4.78 is 34.0. The van der Waals surface area contributed by atoms with Gasteiger partial charge in [0, 0.05) is 17.8 Å². The molecule has 0 saturated carbocycles. The number of anilines is 1. The van der Waals surface area contributed by atoms with E-state index in [-0.39, 0.29) is 16.9 Å². The summed E-state index contributed by atoms with van der Waals surface area (Å²) in [5, 5.41) is 2.77. The SMILES string of the molecule is CC(C)Oc1ccc(C(=O)Nc2ccc(S(=O)(=O)NCCc3ccccc3)cc2)cc1Br. The fourth-order valence-electron chi connectivity index (χ4n) is 2.97. The van der Waals surface area contributed by atoms with Crippen LogP contribution in [-0.2, 0) is 16.4 Å². The van der Waals surface area contributed by atoms with Gasteiger partial charge in [-0.1, -0.05) is 30.3 Å². The third kappa shape index (κ3) is 6.66. The fraction of sp³-hybridized carbons (Fsp3) is 0.208. The molecule has 0 aliphatic heterocycles. The summed E-state index contributed by atoms with van der Waals surface area (Å²) in [6.45, 7) is 4.15. The van der Waals surface area contributed by atoms with Gasteiger partial charge in [0.1, 0.15) is 5.75 Å². The highest BCUT2D eigenvalue weighted by molar-refractivity contribution is 9.10. The lowest BCUT2D eigenvalue weighted by molar-refractivity contribution is 0.102. The summed E-state index contributed by atoms with van der Waals surface area (Å²) in [5.41, 5.74) is 2.01. The lowest BCUT2D eigenvalue weighted by atomic mass is 10.2. The van der Waals surface area contributed by atoms with Gasteiger partial charge < -0.3 is 10.1 Å². The average Bonchev–Trinajstić information content (AvgIpc) is 2.76. The zero-order valence-corrected chi connectivity index (χ0v) is 20.2. The molecule has 0 aliphatic rings. The smallest absolute Gasteiger partial charge is 0.255 e. The van der Waals surface area contributed by atoms with E-state index >= 15 is 0 Å². The van der Waals surface area contributed by atoms with Crippen LogP contribution in [-0.4, -0.2) is 27.0 Å². The van der Waals surface area contributed by atoms with Crippen LogP contribution in [0.15, 0.2) is 82.2 Å². The lowest BCUT2D eigenvalue weighted by Crippen LogP contribution is -2.26. The highest BCUT2D eigenvalue weighted by Gasteiger charge is 2.14. The van der Waals surface area contributed by atoms with Crippen molar-refractivity contribution >= 4 is 37.5 Å². The molecule has 0 bridgehead atoms. The first kappa shape index (κ1) is 24.0. The molecule has 3 aromatic carbocycles. The van der Waals surface area contributed by atoms with Crippen LogP contribution in [0.2, 0.25) is 0 Å². The molecule has 0 unspecified atom stereocenters. The van der Waals surface area contributed by atoms with Gasteiger partial charge in [0.15, 0.2) is 0 Å². The minimum Gasteiger partial charge on any atom is -0.490 e. The van der Waals surface area contributed by atoms with E-state index < -0.39 is 10.0 Å². The molecule has 3 aromatic rings. The molecular formula is C24H25BrN2O4S. The number of carbonyl (C=O) groups excluding carboxylic acids is 1. The van der Waals surface area contributed by atoms with E-state index in [1.165, 1.54) is 12.1 Å². The number of nitrogens with one attached hydrogen (secondary N) is 2. The fourth-order valence-corrected chi connectivity index (χ4v) is 4.47. The Hall–Kier alpha value is -2.68. The van der Waals surface area contributed by atoms with Crippen molar-refractivity contribution in [3.8, 4) is 5.75 Å². The standard InChI is InChI=1S/C24H25BrN2O4S/c1-17(2)31-23-13-8-19(16-22(23)25)24(28)27-20-9-11-21(12-10-20)32(29,30)26-15-14-18-6-4-3-5-7-18/h3-13,16-17,26H,14-15H2,1-2H3,(H,27,28). The number of hydrogen-bond acceptors (Lipinski definition) is 4. The Bertz CT molecular complexity index is 1160. The van der Waals surface area contributed by atoms with Gasteiger partial charge in [0.25, 0.3) is 5.91 Å². The van der Waals surface area contributed by atoms with Gasteiger partial charge in [0.2, 0.25) is 10.0 Å². The number of ether oxygens (including phenoxy) is 1. The second-order valence-electron chi connectivity index (χ2n) is 7.42. The van der Waals surface area contributed by atoms with E-state index in [2.05, 4.69) is 26.0 Å². The van der Waals surface area contributed by atoms with Crippen LogP contribution < -0.4 is 14.8 Å². The Kier molecular flexibility index (Phi) is 8.06. The van der Waals surface area contributed by atoms with Crippen molar-refractivity contribution in [1.82, 2.24) is 4.72 Å². The normalized spacial score (nSPS) is 11.4. The van der Waals surface area contributed by atoms with Gasteiger partial charge in [-0.3, -0.25) is 4.79 Å². The number of amides is 1. The summed E-state index contributed by atoms with van der Waals surface area (Å²) in [7, 11) is -3.63. The van der Waals surface area contributed by atoms with Crippen LogP contribution in [0.25, 0.3) is 0 Å². The zero-order valence-electron chi connectivity index (χ0n) is 17.8. The van der Waals surface area contributed by atoms with Crippen LogP contribution in [0.3, 0.4) is 0 Å².